The molecule has 2 aromatic rings. The van der Waals surface area contributed by atoms with E-state index >= 15 is 0 Å². The van der Waals surface area contributed by atoms with E-state index in [1.54, 1.807) is 0 Å². The normalized spacial score (nSPS) is 20.4. The maximum atomic E-state index is 12.4. The molecule has 0 N–H and O–H groups in total. The van der Waals surface area contributed by atoms with Gasteiger partial charge in [-0.2, -0.15) is 0 Å². The van der Waals surface area contributed by atoms with Crippen molar-refractivity contribution in [2.24, 2.45) is 5.92 Å². The van der Waals surface area contributed by atoms with Crippen LogP contribution in [0, 0.1) is 5.92 Å². The smallest absolute Gasteiger partial charge is 0.277 e. The molecule has 5 nitrogen and oxygen atoms in total. The van der Waals surface area contributed by atoms with Crippen LogP contribution < -0.4 is 0 Å². The molecule has 3 rings (SSSR count). The minimum Gasteiger partial charge on any atom is -0.411 e. The number of thioether (sulfide) groups is 1. The number of hydrogen-bond donors (Lipinski definition) is 0. The lowest BCUT2D eigenvalue weighted by Crippen LogP contribution is -2.40. The van der Waals surface area contributed by atoms with Crippen LogP contribution in [0.3, 0.4) is 0 Å². The second-order valence-corrected chi connectivity index (χ2v) is 8.34. The van der Waals surface area contributed by atoms with Gasteiger partial charge in [0.2, 0.25) is 11.8 Å². The molecule has 25 heavy (non-hydrogen) atoms. The van der Waals surface area contributed by atoms with E-state index in [1.165, 1.54) is 24.6 Å². The molecule has 1 fully saturated rings. The molecule has 1 saturated carbocycles. The minimum absolute atomic E-state index is 0.116. The first-order chi connectivity index (χ1) is 12.0. The Morgan fingerprint density at radius 2 is 2.00 bits per heavy atom. The molecule has 0 atom stereocenters. The number of benzene rings is 1. The Morgan fingerprint density at radius 3 is 2.72 bits per heavy atom. The molecule has 1 aromatic carbocycles. The fourth-order valence-corrected chi connectivity index (χ4v) is 4.21. The highest BCUT2D eigenvalue weighted by Gasteiger charge is 2.25. The first kappa shape index (κ1) is 18.5. The minimum atomic E-state index is 0.116. The van der Waals surface area contributed by atoms with Crippen LogP contribution in [0.1, 0.15) is 32.6 Å². The fourth-order valence-electron chi connectivity index (χ4n) is 3.07. The summed E-state index contributed by atoms with van der Waals surface area (Å²) in [5.74, 6) is 1.67. The average Bonchev–Trinajstić information content (AvgIpc) is 3.09. The van der Waals surface area contributed by atoms with Crippen molar-refractivity contribution >= 4 is 33.6 Å². The summed E-state index contributed by atoms with van der Waals surface area (Å²) in [5.41, 5.74) is 0.849. The van der Waals surface area contributed by atoms with Crippen LogP contribution in [-0.2, 0) is 4.79 Å². The third kappa shape index (κ3) is 4.64. The van der Waals surface area contributed by atoms with E-state index in [4.69, 9.17) is 4.42 Å². The lowest BCUT2D eigenvalue weighted by Gasteiger charge is -2.33. The maximum absolute atomic E-state index is 12.4. The number of aromatic nitrogens is 2. The van der Waals surface area contributed by atoms with Crippen molar-refractivity contribution < 1.29 is 9.21 Å². The Labute approximate surface area is 160 Å². The summed E-state index contributed by atoms with van der Waals surface area (Å²) in [6, 6.07) is 8.05. The lowest BCUT2D eigenvalue weighted by molar-refractivity contribution is -0.129. The Balaban J connectivity index is 1.55. The van der Waals surface area contributed by atoms with Gasteiger partial charge in [-0.15, -0.1) is 10.2 Å². The zero-order valence-electron chi connectivity index (χ0n) is 14.4. The van der Waals surface area contributed by atoms with Gasteiger partial charge in [0.25, 0.3) is 5.22 Å². The summed E-state index contributed by atoms with van der Waals surface area (Å²) in [6.07, 6.45) is 4.60. The van der Waals surface area contributed by atoms with Gasteiger partial charge in [-0.25, -0.2) is 0 Å². The molecular formula is C18H22BrN3O2S. The number of rotatable bonds is 5. The molecule has 1 aromatic heterocycles. The molecule has 0 saturated heterocycles. The SMILES string of the molecule is CC1CCC(N(C)C(=O)CSc2nnc(-c3ccccc3Br)o2)CC1. The number of carbonyl (C=O) groups is 1. The summed E-state index contributed by atoms with van der Waals surface area (Å²) in [5, 5.41) is 8.54. The molecule has 1 aliphatic carbocycles. The molecule has 7 heteroatoms. The van der Waals surface area contributed by atoms with Gasteiger partial charge < -0.3 is 9.32 Å². The van der Waals surface area contributed by atoms with Crippen LogP contribution in [0.25, 0.3) is 11.5 Å². The van der Waals surface area contributed by atoms with Crippen molar-refractivity contribution in [1.82, 2.24) is 15.1 Å². The summed E-state index contributed by atoms with van der Waals surface area (Å²) < 4.78 is 6.58. The van der Waals surface area contributed by atoms with Crippen molar-refractivity contribution in [3.8, 4) is 11.5 Å². The van der Waals surface area contributed by atoms with Crippen LogP contribution in [0.4, 0.5) is 0 Å². The van der Waals surface area contributed by atoms with Crippen LogP contribution >= 0.6 is 27.7 Å². The third-order valence-electron chi connectivity index (χ3n) is 4.76. The fraction of sp³-hybridized carbons (Fsp3) is 0.500. The van der Waals surface area contributed by atoms with E-state index in [2.05, 4.69) is 33.1 Å². The molecule has 0 unspecified atom stereocenters. The molecular weight excluding hydrogens is 402 g/mol. The molecule has 0 spiro atoms. The number of halogens is 1. The number of nitrogens with zero attached hydrogens (tertiary/aromatic N) is 3. The Hall–Kier alpha value is -1.34. The lowest BCUT2D eigenvalue weighted by atomic mass is 9.87. The van der Waals surface area contributed by atoms with E-state index in [0.29, 0.717) is 22.9 Å². The van der Waals surface area contributed by atoms with Gasteiger partial charge in [-0.05, 0) is 59.7 Å². The van der Waals surface area contributed by atoms with E-state index in [-0.39, 0.29) is 5.91 Å². The Bertz CT molecular complexity index is 729. The third-order valence-corrected chi connectivity index (χ3v) is 6.25. The van der Waals surface area contributed by atoms with Crippen molar-refractivity contribution in [2.75, 3.05) is 12.8 Å². The number of carbonyl (C=O) groups excluding carboxylic acids is 1. The van der Waals surface area contributed by atoms with Gasteiger partial charge in [-0.1, -0.05) is 30.8 Å². The Morgan fingerprint density at radius 1 is 1.28 bits per heavy atom. The molecule has 0 radical (unpaired) electrons. The van der Waals surface area contributed by atoms with Gasteiger partial charge in [0.15, 0.2) is 0 Å². The molecule has 1 amide bonds. The van der Waals surface area contributed by atoms with Crippen LogP contribution in [0.2, 0.25) is 0 Å². The maximum Gasteiger partial charge on any atom is 0.277 e. The van der Waals surface area contributed by atoms with Crippen molar-refractivity contribution in [1.29, 1.82) is 0 Å². The number of amides is 1. The summed E-state index contributed by atoms with van der Waals surface area (Å²) in [4.78, 5) is 14.3. The molecule has 134 valence electrons. The summed E-state index contributed by atoms with van der Waals surface area (Å²) >= 11 is 4.77. The van der Waals surface area contributed by atoms with Gasteiger partial charge in [0.05, 0.1) is 11.3 Å². The first-order valence-corrected chi connectivity index (χ1v) is 10.3. The van der Waals surface area contributed by atoms with E-state index in [9.17, 15) is 4.79 Å². The summed E-state index contributed by atoms with van der Waals surface area (Å²) in [6.45, 7) is 2.28. The van der Waals surface area contributed by atoms with E-state index in [1.807, 2.05) is 36.2 Å². The highest BCUT2D eigenvalue weighted by molar-refractivity contribution is 9.10. The predicted octanol–water partition coefficient (Wildman–Crippen LogP) is 4.63. The van der Waals surface area contributed by atoms with Crippen LogP contribution in [0.5, 0.6) is 0 Å². The van der Waals surface area contributed by atoms with Crippen LogP contribution in [0.15, 0.2) is 38.4 Å². The van der Waals surface area contributed by atoms with Gasteiger partial charge in [-0.3, -0.25) is 4.79 Å². The largest absolute Gasteiger partial charge is 0.411 e. The quantitative estimate of drug-likeness (QED) is 0.656. The molecule has 0 aliphatic heterocycles. The predicted molar refractivity (Wildman–Crippen MR) is 102 cm³/mol. The summed E-state index contributed by atoms with van der Waals surface area (Å²) in [7, 11) is 1.91. The Kier molecular flexibility index (Phi) is 6.17. The molecule has 1 heterocycles. The first-order valence-electron chi connectivity index (χ1n) is 8.51. The van der Waals surface area contributed by atoms with Crippen LogP contribution in [-0.4, -0.2) is 39.8 Å². The van der Waals surface area contributed by atoms with Crippen molar-refractivity contribution in [3.63, 3.8) is 0 Å². The van der Waals surface area contributed by atoms with Crippen molar-refractivity contribution in [3.05, 3.63) is 28.7 Å². The van der Waals surface area contributed by atoms with Gasteiger partial charge >= 0.3 is 0 Å². The molecule has 1 aliphatic rings. The van der Waals surface area contributed by atoms with E-state index < -0.39 is 0 Å². The second kappa shape index (κ2) is 8.36. The highest BCUT2D eigenvalue weighted by Crippen LogP contribution is 2.30. The van der Waals surface area contributed by atoms with E-state index in [0.717, 1.165) is 28.8 Å². The van der Waals surface area contributed by atoms with Gasteiger partial charge in [0.1, 0.15) is 0 Å². The van der Waals surface area contributed by atoms with Crippen molar-refractivity contribution in [2.45, 2.75) is 43.9 Å². The topological polar surface area (TPSA) is 59.2 Å². The highest BCUT2D eigenvalue weighted by atomic mass is 79.9. The van der Waals surface area contributed by atoms with Gasteiger partial charge in [0, 0.05) is 17.6 Å². The second-order valence-electron chi connectivity index (χ2n) is 6.56. The number of hydrogen-bond acceptors (Lipinski definition) is 5. The standard InChI is InChI=1S/C18H22BrN3O2S/c1-12-7-9-13(10-8-12)22(2)16(23)11-25-18-21-20-17(24-18)14-5-3-4-6-15(14)19/h3-6,12-13H,7-11H2,1-2H3. The molecule has 0 bridgehead atoms. The zero-order chi connectivity index (χ0) is 17.8. The monoisotopic (exact) mass is 423 g/mol. The zero-order valence-corrected chi connectivity index (χ0v) is 16.8. The average molecular weight is 424 g/mol.